The van der Waals surface area contributed by atoms with Gasteiger partial charge in [-0.2, -0.15) is 4.31 Å². The Balaban J connectivity index is 1.52. The van der Waals surface area contributed by atoms with Gasteiger partial charge >= 0.3 is 0 Å². The van der Waals surface area contributed by atoms with Crippen LogP contribution in [0.5, 0.6) is 5.75 Å². The van der Waals surface area contributed by atoms with Crippen LogP contribution in [0.1, 0.15) is 44.2 Å². The van der Waals surface area contributed by atoms with Crippen molar-refractivity contribution in [3.05, 3.63) is 47.5 Å². The second-order valence-corrected chi connectivity index (χ2v) is 10.8. The Bertz CT molecular complexity index is 1190. The maximum atomic E-state index is 13.6. The average molecular weight is 486 g/mol. The van der Waals surface area contributed by atoms with Crippen LogP contribution in [0.4, 0.5) is 11.4 Å². The number of fused-ring (bicyclic) bond motifs is 1. The minimum atomic E-state index is -3.85. The fourth-order valence-corrected chi connectivity index (χ4v) is 6.16. The van der Waals surface area contributed by atoms with Gasteiger partial charge in [0, 0.05) is 24.8 Å². The third-order valence-electron chi connectivity index (χ3n) is 6.47. The zero-order valence-corrected chi connectivity index (χ0v) is 20.6. The summed E-state index contributed by atoms with van der Waals surface area (Å²) in [5.74, 6) is -0.507. The van der Waals surface area contributed by atoms with E-state index in [9.17, 15) is 18.0 Å². The maximum absolute atomic E-state index is 13.6. The van der Waals surface area contributed by atoms with E-state index in [-0.39, 0.29) is 23.3 Å². The van der Waals surface area contributed by atoms with E-state index >= 15 is 0 Å². The minimum absolute atomic E-state index is 0.118. The number of carbonyl (C=O) groups is 2. The molecule has 2 aliphatic heterocycles. The maximum Gasteiger partial charge on any atom is 0.265 e. The number of carbonyl (C=O) groups excluding carboxylic acids is 2. The van der Waals surface area contributed by atoms with E-state index in [2.05, 4.69) is 17.6 Å². The summed E-state index contributed by atoms with van der Waals surface area (Å²) >= 11 is 0. The first-order valence-corrected chi connectivity index (χ1v) is 13.2. The molecule has 0 bridgehead atoms. The van der Waals surface area contributed by atoms with Gasteiger partial charge in [0.25, 0.3) is 5.91 Å². The minimum Gasteiger partial charge on any atom is -0.478 e. The van der Waals surface area contributed by atoms with Crippen LogP contribution in [-0.2, 0) is 26.0 Å². The third kappa shape index (κ3) is 4.81. The molecule has 2 unspecified atom stereocenters. The second-order valence-electron chi connectivity index (χ2n) is 8.86. The highest BCUT2D eigenvalue weighted by Gasteiger charge is 2.36. The number of nitrogens with zero attached hydrogens (tertiary/aromatic N) is 1. The molecule has 0 radical (unpaired) electrons. The van der Waals surface area contributed by atoms with Gasteiger partial charge in [0.15, 0.2) is 6.10 Å². The number of benzene rings is 2. The van der Waals surface area contributed by atoms with E-state index in [1.807, 2.05) is 31.2 Å². The van der Waals surface area contributed by atoms with E-state index in [1.165, 1.54) is 15.9 Å². The van der Waals surface area contributed by atoms with Crippen molar-refractivity contribution in [1.82, 2.24) is 4.31 Å². The van der Waals surface area contributed by atoms with E-state index in [4.69, 9.17) is 4.74 Å². The van der Waals surface area contributed by atoms with Crippen LogP contribution < -0.4 is 15.4 Å². The van der Waals surface area contributed by atoms with Crippen LogP contribution in [0.3, 0.4) is 0 Å². The van der Waals surface area contributed by atoms with Crippen molar-refractivity contribution in [2.24, 2.45) is 5.92 Å². The highest BCUT2D eigenvalue weighted by atomic mass is 32.2. The van der Waals surface area contributed by atoms with E-state index in [0.717, 1.165) is 6.42 Å². The molecule has 2 N–H and O–H groups in total. The number of ether oxygens (including phenoxy) is 1. The highest BCUT2D eigenvalue weighted by Crippen LogP contribution is 2.36. The van der Waals surface area contributed by atoms with E-state index in [0.29, 0.717) is 48.5 Å². The Morgan fingerprint density at radius 3 is 2.62 bits per heavy atom. The Morgan fingerprint density at radius 1 is 1.21 bits per heavy atom. The summed E-state index contributed by atoms with van der Waals surface area (Å²) in [7, 11) is -3.85. The van der Waals surface area contributed by atoms with Gasteiger partial charge in [-0.05, 0) is 61.9 Å². The Morgan fingerprint density at radius 2 is 1.94 bits per heavy atom. The van der Waals surface area contributed by atoms with Gasteiger partial charge in [0.2, 0.25) is 15.9 Å². The van der Waals surface area contributed by atoms with E-state index < -0.39 is 22.0 Å². The van der Waals surface area contributed by atoms with Crippen molar-refractivity contribution >= 4 is 33.2 Å². The average Bonchev–Trinajstić information content (AvgIpc) is 2.83. The van der Waals surface area contributed by atoms with E-state index in [1.54, 1.807) is 13.0 Å². The predicted octanol–water partition coefficient (Wildman–Crippen LogP) is 3.71. The molecule has 0 aromatic heterocycles. The number of aryl methyl sites for hydroxylation is 2. The molecule has 34 heavy (non-hydrogen) atoms. The summed E-state index contributed by atoms with van der Waals surface area (Å²) in [6.07, 6.45) is 1.97. The lowest BCUT2D eigenvalue weighted by molar-refractivity contribution is -0.123. The molecule has 2 heterocycles. The first-order valence-electron chi connectivity index (χ1n) is 11.7. The van der Waals surface area contributed by atoms with Crippen LogP contribution >= 0.6 is 0 Å². The molecule has 1 fully saturated rings. The molecule has 0 spiro atoms. The van der Waals surface area contributed by atoms with Gasteiger partial charge in [-0.1, -0.05) is 26.0 Å². The lowest BCUT2D eigenvalue weighted by Gasteiger charge is -2.32. The van der Waals surface area contributed by atoms with Gasteiger partial charge < -0.3 is 15.4 Å². The molecule has 0 aliphatic carbocycles. The van der Waals surface area contributed by atoms with Crippen LogP contribution in [0.2, 0.25) is 0 Å². The SMILES string of the molecule is CCc1ccc(NC(=O)C2CCCN(S(=O)(=O)c3cc4c(cc3C)NC(=O)C(CC)O4)C2)cc1. The molecule has 2 aliphatic rings. The largest absolute Gasteiger partial charge is 0.478 e. The van der Waals surface area contributed by atoms with Gasteiger partial charge in [-0.25, -0.2) is 8.42 Å². The summed E-state index contributed by atoms with van der Waals surface area (Å²) in [5.41, 5.74) is 2.87. The van der Waals surface area contributed by atoms with Gasteiger partial charge in [0.1, 0.15) is 5.75 Å². The van der Waals surface area contributed by atoms with Gasteiger partial charge in [0.05, 0.1) is 16.5 Å². The zero-order chi connectivity index (χ0) is 24.5. The van der Waals surface area contributed by atoms with Crippen molar-refractivity contribution in [1.29, 1.82) is 0 Å². The molecule has 2 amide bonds. The third-order valence-corrected chi connectivity index (χ3v) is 8.48. The first-order chi connectivity index (χ1) is 16.2. The van der Waals surface area contributed by atoms with Crippen LogP contribution in [0.25, 0.3) is 0 Å². The Hall–Kier alpha value is -2.91. The smallest absolute Gasteiger partial charge is 0.265 e. The number of rotatable bonds is 6. The fourth-order valence-electron chi connectivity index (χ4n) is 4.41. The second kappa shape index (κ2) is 9.76. The van der Waals surface area contributed by atoms with Crippen LogP contribution in [0, 0.1) is 12.8 Å². The molecular weight excluding hydrogens is 454 g/mol. The Kier molecular flexibility index (Phi) is 6.95. The molecule has 2 aromatic rings. The number of anilines is 2. The van der Waals surface area contributed by atoms with Crippen molar-refractivity contribution in [2.45, 2.75) is 57.5 Å². The van der Waals surface area contributed by atoms with Crippen LogP contribution in [-0.4, -0.2) is 43.7 Å². The lowest BCUT2D eigenvalue weighted by atomic mass is 9.98. The van der Waals surface area contributed by atoms with Crippen LogP contribution in [0.15, 0.2) is 41.3 Å². The summed E-state index contributed by atoms with van der Waals surface area (Å²) in [5, 5.41) is 5.71. The number of piperidine rings is 1. The molecule has 1 saturated heterocycles. The molecule has 182 valence electrons. The van der Waals surface area contributed by atoms with Gasteiger partial charge in [-0.3, -0.25) is 9.59 Å². The molecule has 8 nitrogen and oxygen atoms in total. The number of hydrogen-bond acceptors (Lipinski definition) is 5. The first kappa shape index (κ1) is 24.2. The molecule has 9 heteroatoms. The molecule has 0 saturated carbocycles. The lowest BCUT2D eigenvalue weighted by Crippen LogP contribution is -2.44. The molecule has 4 rings (SSSR count). The quantitative estimate of drug-likeness (QED) is 0.649. The molecule has 2 aromatic carbocycles. The number of hydrogen-bond donors (Lipinski definition) is 2. The zero-order valence-electron chi connectivity index (χ0n) is 19.8. The fraction of sp³-hybridized carbons (Fsp3) is 0.440. The summed E-state index contributed by atoms with van der Waals surface area (Å²) in [6.45, 7) is 6.06. The molecule has 2 atom stereocenters. The van der Waals surface area contributed by atoms with Crippen molar-refractivity contribution < 1.29 is 22.7 Å². The predicted molar refractivity (Wildman–Crippen MR) is 130 cm³/mol. The number of sulfonamides is 1. The standard InChI is InChI=1S/C25H31N3O5S/c1-4-17-8-10-19(11-9-17)26-24(29)18-7-6-12-28(15-18)34(31,32)23-14-22-20(13-16(23)3)27-25(30)21(5-2)33-22/h8-11,13-14,18,21H,4-7,12,15H2,1-3H3,(H,26,29)(H,27,30). The topological polar surface area (TPSA) is 105 Å². The summed E-state index contributed by atoms with van der Waals surface area (Å²) in [6, 6.07) is 10.8. The highest BCUT2D eigenvalue weighted by molar-refractivity contribution is 7.89. The monoisotopic (exact) mass is 485 g/mol. The summed E-state index contributed by atoms with van der Waals surface area (Å²) < 4.78 is 34.3. The Labute approximate surface area is 200 Å². The van der Waals surface area contributed by atoms with Crippen molar-refractivity contribution in [3.63, 3.8) is 0 Å². The summed E-state index contributed by atoms with van der Waals surface area (Å²) in [4.78, 5) is 25.1. The number of amides is 2. The number of nitrogens with one attached hydrogen (secondary N) is 2. The normalized spacial score (nSPS) is 20.7. The molecular formula is C25H31N3O5S. The van der Waals surface area contributed by atoms with Gasteiger partial charge in [-0.15, -0.1) is 0 Å². The van der Waals surface area contributed by atoms with Crippen molar-refractivity contribution in [2.75, 3.05) is 23.7 Å². The van der Waals surface area contributed by atoms with Crippen molar-refractivity contribution in [3.8, 4) is 5.75 Å².